The van der Waals surface area contributed by atoms with Crippen LogP contribution in [0.3, 0.4) is 0 Å². The molecule has 1 N–H and O–H groups in total. The standard InChI is InChI=1S/C17H19N3O7/c1-9(2)27-15(21)13-10(3)18-16(22)19(17(23)26-4)14(13)11-6-5-7-12(8-11)20(24)25/h5-9,14H,1-4H3,(H,18,22)/t14-/m1/s1. The van der Waals surface area contributed by atoms with Crippen LogP contribution in [0.2, 0.25) is 0 Å². The molecule has 1 heterocycles. The van der Waals surface area contributed by atoms with E-state index in [2.05, 4.69) is 10.1 Å². The Hall–Kier alpha value is -3.43. The van der Waals surface area contributed by atoms with Gasteiger partial charge in [0.1, 0.15) is 6.04 Å². The number of carbonyl (C=O) groups is 3. The molecule has 10 heteroatoms. The van der Waals surface area contributed by atoms with E-state index in [0.29, 0.717) is 4.90 Å². The van der Waals surface area contributed by atoms with Gasteiger partial charge in [0.15, 0.2) is 0 Å². The number of methoxy groups -OCH3 is 1. The number of non-ortho nitro benzene ring substituents is 1. The van der Waals surface area contributed by atoms with Crippen LogP contribution < -0.4 is 5.32 Å². The van der Waals surface area contributed by atoms with Crippen LogP contribution >= 0.6 is 0 Å². The van der Waals surface area contributed by atoms with E-state index in [1.807, 2.05) is 0 Å². The van der Waals surface area contributed by atoms with Crippen molar-refractivity contribution in [1.29, 1.82) is 0 Å². The van der Waals surface area contributed by atoms with Crippen molar-refractivity contribution in [3.05, 3.63) is 51.2 Å². The van der Waals surface area contributed by atoms with E-state index in [-0.39, 0.29) is 22.5 Å². The number of benzene rings is 1. The highest BCUT2D eigenvalue weighted by molar-refractivity contribution is 6.00. The molecule has 1 aromatic carbocycles. The third-order valence-electron chi connectivity index (χ3n) is 3.78. The lowest BCUT2D eigenvalue weighted by atomic mass is 9.93. The Morgan fingerprint density at radius 2 is 2.00 bits per heavy atom. The number of amides is 3. The van der Waals surface area contributed by atoms with Crippen molar-refractivity contribution in [2.75, 3.05) is 7.11 Å². The molecular formula is C17H19N3O7. The molecule has 1 aliphatic rings. The van der Waals surface area contributed by atoms with Gasteiger partial charge in [-0.2, -0.15) is 0 Å². The van der Waals surface area contributed by atoms with Gasteiger partial charge in [0.2, 0.25) is 0 Å². The minimum atomic E-state index is -1.24. The van der Waals surface area contributed by atoms with Crippen molar-refractivity contribution in [2.24, 2.45) is 0 Å². The second-order valence-electron chi connectivity index (χ2n) is 6.02. The number of esters is 1. The van der Waals surface area contributed by atoms with Gasteiger partial charge in [-0.1, -0.05) is 12.1 Å². The molecule has 10 nitrogen and oxygen atoms in total. The maximum absolute atomic E-state index is 12.6. The lowest BCUT2D eigenvalue weighted by molar-refractivity contribution is -0.384. The highest BCUT2D eigenvalue weighted by Gasteiger charge is 2.43. The number of nitrogens with zero attached hydrogens (tertiary/aromatic N) is 2. The summed E-state index contributed by atoms with van der Waals surface area (Å²) in [7, 11) is 1.08. The molecule has 27 heavy (non-hydrogen) atoms. The molecule has 0 saturated heterocycles. The number of nitro benzene ring substituents is 1. The summed E-state index contributed by atoms with van der Waals surface area (Å²) in [6.07, 6.45) is -1.47. The van der Waals surface area contributed by atoms with Gasteiger partial charge >= 0.3 is 18.1 Å². The zero-order chi connectivity index (χ0) is 20.3. The van der Waals surface area contributed by atoms with E-state index in [4.69, 9.17) is 4.74 Å². The Bertz CT molecular complexity index is 832. The van der Waals surface area contributed by atoms with Crippen LogP contribution in [0.5, 0.6) is 0 Å². The second-order valence-corrected chi connectivity index (χ2v) is 6.02. The first kappa shape index (κ1) is 19.9. The Kier molecular flexibility index (Phi) is 5.78. The average molecular weight is 377 g/mol. The molecule has 0 spiro atoms. The average Bonchev–Trinajstić information content (AvgIpc) is 2.59. The van der Waals surface area contributed by atoms with Gasteiger partial charge in [0.25, 0.3) is 5.69 Å². The topological polar surface area (TPSA) is 128 Å². The fourth-order valence-electron chi connectivity index (χ4n) is 2.69. The minimum Gasteiger partial charge on any atom is -0.459 e. The smallest absolute Gasteiger partial charge is 0.418 e. The first-order chi connectivity index (χ1) is 12.7. The van der Waals surface area contributed by atoms with Gasteiger partial charge in [0, 0.05) is 17.8 Å². The monoisotopic (exact) mass is 377 g/mol. The molecule has 144 valence electrons. The number of hydrogen-bond acceptors (Lipinski definition) is 7. The predicted molar refractivity (Wildman–Crippen MR) is 92.5 cm³/mol. The molecule has 0 aliphatic carbocycles. The summed E-state index contributed by atoms with van der Waals surface area (Å²) in [6, 6.07) is 3.26. The van der Waals surface area contributed by atoms with Gasteiger partial charge in [-0.3, -0.25) is 10.1 Å². The highest BCUT2D eigenvalue weighted by atomic mass is 16.6. The first-order valence-corrected chi connectivity index (χ1v) is 8.01. The number of hydrogen-bond donors (Lipinski definition) is 1. The molecule has 0 aromatic heterocycles. The van der Waals surface area contributed by atoms with Crippen molar-refractivity contribution in [2.45, 2.75) is 32.9 Å². The summed E-state index contributed by atoms with van der Waals surface area (Å²) in [5, 5.41) is 13.5. The number of imide groups is 1. The summed E-state index contributed by atoms with van der Waals surface area (Å²) >= 11 is 0. The fourth-order valence-corrected chi connectivity index (χ4v) is 2.69. The van der Waals surface area contributed by atoms with Crippen LogP contribution in [0.1, 0.15) is 32.4 Å². The number of carbonyl (C=O) groups excluding carboxylic acids is 3. The van der Waals surface area contributed by atoms with E-state index >= 15 is 0 Å². The van der Waals surface area contributed by atoms with Crippen LogP contribution in [-0.2, 0) is 14.3 Å². The van der Waals surface area contributed by atoms with Crippen LogP contribution in [0.25, 0.3) is 0 Å². The number of ether oxygens (including phenoxy) is 2. The zero-order valence-electron chi connectivity index (χ0n) is 15.2. The Morgan fingerprint density at radius 3 is 2.56 bits per heavy atom. The lowest BCUT2D eigenvalue weighted by Gasteiger charge is -2.35. The molecule has 1 aliphatic heterocycles. The van der Waals surface area contributed by atoms with Gasteiger partial charge < -0.3 is 14.8 Å². The molecular weight excluding hydrogens is 358 g/mol. The first-order valence-electron chi connectivity index (χ1n) is 8.01. The normalized spacial score (nSPS) is 16.9. The Balaban J connectivity index is 2.67. The van der Waals surface area contributed by atoms with Gasteiger partial charge in [-0.15, -0.1) is 0 Å². The van der Waals surface area contributed by atoms with E-state index in [1.54, 1.807) is 13.8 Å². The maximum Gasteiger partial charge on any atom is 0.418 e. The van der Waals surface area contributed by atoms with Crippen LogP contribution in [0.15, 0.2) is 35.5 Å². The van der Waals surface area contributed by atoms with Crippen LogP contribution in [-0.4, -0.2) is 41.1 Å². The van der Waals surface area contributed by atoms with Crippen molar-refractivity contribution in [1.82, 2.24) is 10.2 Å². The van der Waals surface area contributed by atoms with E-state index < -0.39 is 35.2 Å². The van der Waals surface area contributed by atoms with Crippen molar-refractivity contribution in [3.8, 4) is 0 Å². The van der Waals surface area contributed by atoms with Crippen LogP contribution in [0.4, 0.5) is 15.3 Å². The molecule has 1 aromatic rings. The third-order valence-corrected chi connectivity index (χ3v) is 3.78. The predicted octanol–water partition coefficient (Wildman–Crippen LogP) is 2.65. The summed E-state index contributed by atoms with van der Waals surface area (Å²) in [5.41, 5.74) is 0.105. The highest BCUT2D eigenvalue weighted by Crippen LogP contribution is 2.36. The van der Waals surface area contributed by atoms with Crippen molar-refractivity contribution in [3.63, 3.8) is 0 Å². The summed E-state index contributed by atoms with van der Waals surface area (Å²) < 4.78 is 9.88. The van der Waals surface area contributed by atoms with Crippen molar-refractivity contribution >= 4 is 23.8 Å². The maximum atomic E-state index is 12.6. The molecule has 0 fully saturated rings. The van der Waals surface area contributed by atoms with E-state index in [0.717, 1.165) is 7.11 Å². The second kappa shape index (κ2) is 7.85. The molecule has 2 rings (SSSR count). The summed E-state index contributed by atoms with van der Waals surface area (Å²) in [4.78, 5) is 48.4. The number of allylic oxidation sites excluding steroid dienone is 1. The minimum absolute atomic E-state index is 0.0193. The lowest BCUT2D eigenvalue weighted by Crippen LogP contribution is -2.51. The van der Waals surface area contributed by atoms with Crippen molar-refractivity contribution < 1.29 is 28.8 Å². The molecule has 3 amide bonds. The van der Waals surface area contributed by atoms with Gasteiger partial charge in [-0.05, 0) is 26.3 Å². The Morgan fingerprint density at radius 1 is 1.33 bits per heavy atom. The molecule has 0 unspecified atom stereocenters. The number of nitro groups is 1. The number of rotatable bonds is 4. The van der Waals surface area contributed by atoms with E-state index in [9.17, 15) is 24.5 Å². The number of nitrogens with one attached hydrogen (secondary N) is 1. The Labute approximate surface area is 154 Å². The zero-order valence-corrected chi connectivity index (χ0v) is 15.2. The SMILES string of the molecule is COC(=O)N1C(=O)NC(C)=C(C(=O)OC(C)C)[C@H]1c1cccc([N+](=O)[O-])c1. The van der Waals surface area contributed by atoms with Gasteiger partial charge in [-0.25, -0.2) is 19.3 Å². The molecule has 0 radical (unpaired) electrons. The van der Waals surface area contributed by atoms with Crippen LogP contribution in [0, 0.1) is 10.1 Å². The molecule has 0 bridgehead atoms. The largest absolute Gasteiger partial charge is 0.459 e. The summed E-state index contributed by atoms with van der Waals surface area (Å²) in [5.74, 6) is -0.757. The number of urea groups is 1. The quantitative estimate of drug-likeness (QED) is 0.485. The molecule has 1 atom stereocenters. The van der Waals surface area contributed by atoms with Gasteiger partial charge in [0.05, 0.1) is 23.7 Å². The third kappa shape index (κ3) is 4.05. The van der Waals surface area contributed by atoms with E-state index in [1.165, 1.54) is 31.2 Å². The fraction of sp³-hybridized carbons (Fsp3) is 0.353. The summed E-state index contributed by atoms with van der Waals surface area (Å²) in [6.45, 7) is 4.78. The molecule has 0 saturated carbocycles.